The average molecular weight is 455 g/mol. The van der Waals surface area contributed by atoms with E-state index in [2.05, 4.69) is 43.6 Å². The van der Waals surface area contributed by atoms with E-state index in [1.165, 1.54) is 17.7 Å². The zero-order valence-electron chi connectivity index (χ0n) is 18.2. The number of H-pyrrole nitrogens is 1. The van der Waals surface area contributed by atoms with Gasteiger partial charge in [-0.25, -0.2) is 4.98 Å². The molecule has 164 valence electrons. The minimum Gasteiger partial charge on any atom is -0.310 e. The average Bonchev–Trinajstić information content (AvgIpc) is 3.32. The summed E-state index contributed by atoms with van der Waals surface area (Å²) in [4.78, 5) is 28.7. The maximum Gasteiger partial charge on any atom is 0.254 e. The van der Waals surface area contributed by atoms with Crippen LogP contribution in [0.1, 0.15) is 46.3 Å². The molecular weight excluding hydrogens is 424 g/mol. The van der Waals surface area contributed by atoms with Crippen molar-refractivity contribution >= 4 is 23.1 Å². The van der Waals surface area contributed by atoms with Crippen molar-refractivity contribution in [2.24, 2.45) is 0 Å². The van der Waals surface area contributed by atoms with Gasteiger partial charge in [-0.1, -0.05) is 12.1 Å². The molecule has 5 nitrogen and oxygen atoms in total. The van der Waals surface area contributed by atoms with E-state index >= 15 is 0 Å². The van der Waals surface area contributed by atoms with E-state index in [0.717, 1.165) is 48.4 Å². The van der Waals surface area contributed by atoms with Gasteiger partial charge in [-0.15, -0.1) is 11.3 Å². The van der Waals surface area contributed by atoms with E-state index in [9.17, 15) is 4.79 Å². The molecule has 3 aromatic heterocycles. The van der Waals surface area contributed by atoms with Gasteiger partial charge in [0.2, 0.25) is 0 Å². The molecule has 2 unspecified atom stereocenters. The first-order valence-corrected chi connectivity index (χ1v) is 13.0. The van der Waals surface area contributed by atoms with Crippen LogP contribution in [0.5, 0.6) is 0 Å². The number of thiophene rings is 1. The SMILES string of the molecule is CSC1CCCN(CC(Cc2ncc(Cc3ccc(C)nc3)c(=O)[nH]2)c2cccs2)C1. The largest absolute Gasteiger partial charge is 0.310 e. The van der Waals surface area contributed by atoms with E-state index in [-0.39, 0.29) is 5.56 Å². The molecule has 0 radical (unpaired) electrons. The van der Waals surface area contributed by atoms with Crippen LogP contribution in [-0.2, 0) is 12.8 Å². The van der Waals surface area contributed by atoms with Gasteiger partial charge in [0.15, 0.2) is 0 Å². The first-order chi connectivity index (χ1) is 15.1. The number of aromatic amines is 1. The van der Waals surface area contributed by atoms with Crippen molar-refractivity contribution in [2.75, 3.05) is 25.9 Å². The zero-order valence-corrected chi connectivity index (χ0v) is 19.8. The second-order valence-electron chi connectivity index (χ2n) is 8.34. The lowest BCUT2D eigenvalue weighted by atomic mass is 10.00. The summed E-state index contributed by atoms with van der Waals surface area (Å²) < 4.78 is 0. The maximum atomic E-state index is 12.7. The van der Waals surface area contributed by atoms with E-state index < -0.39 is 0 Å². The van der Waals surface area contributed by atoms with Crippen LogP contribution in [0.3, 0.4) is 0 Å². The van der Waals surface area contributed by atoms with Crippen molar-refractivity contribution in [3.8, 4) is 0 Å². The fourth-order valence-electron chi connectivity index (χ4n) is 4.21. The monoisotopic (exact) mass is 454 g/mol. The Kier molecular flexibility index (Phi) is 7.58. The molecule has 1 fully saturated rings. The standard InChI is InChI=1S/C24H30N4OS2/c1-17-7-8-18(13-25-17)11-19-14-26-23(27-24(19)29)12-20(22-6-4-10-31-22)15-28-9-3-5-21(16-28)30-2/h4,6-8,10,13-14,20-21H,3,5,9,11-12,15-16H2,1-2H3,(H,26,27,29). The number of rotatable bonds is 8. The molecule has 0 bridgehead atoms. The van der Waals surface area contributed by atoms with E-state index in [0.29, 0.717) is 17.9 Å². The quantitative estimate of drug-likeness (QED) is 0.550. The number of hydrogen-bond donors (Lipinski definition) is 1. The van der Waals surface area contributed by atoms with Crippen molar-refractivity contribution < 1.29 is 0 Å². The highest BCUT2D eigenvalue weighted by atomic mass is 32.2. The molecule has 7 heteroatoms. The van der Waals surface area contributed by atoms with Gasteiger partial charge < -0.3 is 9.88 Å². The molecule has 1 N–H and O–H groups in total. The number of pyridine rings is 1. The van der Waals surface area contributed by atoms with Crippen LogP contribution >= 0.6 is 23.1 Å². The molecule has 1 aliphatic rings. The number of piperidine rings is 1. The van der Waals surface area contributed by atoms with Crippen molar-refractivity contribution in [2.45, 2.75) is 43.8 Å². The third kappa shape index (κ3) is 6.05. The minimum absolute atomic E-state index is 0.0454. The van der Waals surface area contributed by atoms with Gasteiger partial charge in [0, 0.05) is 65.6 Å². The van der Waals surface area contributed by atoms with Crippen molar-refractivity contribution in [1.82, 2.24) is 19.9 Å². The number of thioether (sulfide) groups is 1. The van der Waals surface area contributed by atoms with Crippen LogP contribution in [0.4, 0.5) is 0 Å². The van der Waals surface area contributed by atoms with Crippen molar-refractivity contribution in [3.63, 3.8) is 0 Å². The Labute approximate surface area is 192 Å². The van der Waals surface area contributed by atoms with Gasteiger partial charge >= 0.3 is 0 Å². The van der Waals surface area contributed by atoms with Gasteiger partial charge in [0.05, 0.1) is 0 Å². The molecule has 4 heterocycles. The topological polar surface area (TPSA) is 61.9 Å². The Hall–Kier alpha value is -1.96. The number of likely N-dealkylation sites (tertiary alicyclic amines) is 1. The summed E-state index contributed by atoms with van der Waals surface area (Å²) in [7, 11) is 0. The molecule has 0 spiro atoms. The number of nitrogens with zero attached hydrogens (tertiary/aromatic N) is 3. The molecule has 3 aromatic rings. The molecule has 0 aliphatic carbocycles. The molecule has 2 atom stereocenters. The zero-order chi connectivity index (χ0) is 21.6. The molecule has 0 saturated carbocycles. The van der Waals surface area contributed by atoms with Gasteiger partial charge in [-0.05, 0) is 55.6 Å². The van der Waals surface area contributed by atoms with Gasteiger partial charge in [0.25, 0.3) is 5.56 Å². The molecule has 1 aliphatic heterocycles. The molecule has 1 saturated heterocycles. The number of hydrogen-bond acceptors (Lipinski definition) is 6. The predicted octanol–water partition coefficient (Wildman–Crippen LogP) is 4.28. The Bertz CT molecular complexity index is 1020. The Balaban J connectivity index is 1.47. The molecule has 4 rings (SSSR count). The van der Waals surface area contributed by atoms with Crippen LogP contribution < -0.4 is 5.56 Å². The van der Waals surface area contributed by atoms with Crippen molar-refractivity contribution in [1.29, 1.82) is 0 Å². The number of aryl methyl sites for hydroxylation is 1. The second kappa shape index (κ2) is 10.6. The maximum absolute atomic E-state index is 12.7. The van der Waals surface area contributed by atoms with Crippen LogP contribution in [-0.4, -0.2) is 51.0 Å². The third-order valence-corrected chi connectivity index (χ3v) is 8.04. The lowest BCUT2D eigenvalue weighted by Gasteiger charge is -2.34. The van der Waals surface area contributed by atoms with E-state index in [1.54, 1.807) is 17.5 Å². The molecule has 31 heavy (non-hydrogen) atoms. The summed E-state index contributed by atoms with van der Waals surface area (Å²) in [5.74, 6) is 1.11. The molecule has 0 aromatic carbocycles. The summed E-state index contributed by atoms with van der Waals surface area (Å²) in [6.45, 7) is 5.28. The predicted molar refractivity (Wildman–Crippen MR) is 130 cm³/mol. The molecule has 0 amide bonds. The third-order valence-electron chi connectivity index (χ3n) is 5.95. The van der Waals surface area contributed by atoms with Gasteiger partial charge in [0.1, 0.15) is 5.82 Å². The van der Waals surface area contributed by atoms with E-state index in [1.807, 2.05) is 37.0 Å². The highest BCUT2D eigenvalue weighted by Gasteiger charge is 2.24. The van der Waals surface area contributed by atoms with Crippen molar-refractivity contribution in [3.05, 3.63) is 79.9 Å². The van der Waals surface area contributed by atoms with Gasteiger partial charge in [-0.3, -0.25) is 9.78 Å². The fourth-order valence-corrected chi connectivity index (χ4v) is 5.79. The summed E-state index contributed by atoms with van der Waals surface area (Å²) in [6, 6.07) is 8.31. The first-order valence-electron chi connectivity index (χ1n) is 10.9. The highest BCUT2D eigenvalue weighted by Crippen LogP contribution is 2.28. The van der Waals surface area contributed by atoms with Crippen LogP contribution in [0, 0.1) is 6.92 Å². The van der Waals surface area contributed by atoms with E-state index in [4.69, 9.17) is 0 Å². The summed E-state index contributed by atoms with van der Waals surface area (Å²) in [5, 5.41) is 2.86. The van der Waals surface area contributed by atoms with Gasteiger partial charge in [-0.2, -0.15) is 11.8 Å². The van der Waals surface area contributed by atoms with Crippen LogP contribution in [0.25, 0.3) is 0 Å². The minimum atomic E-state index is -0.0454. The number of nitrogens with one attached hydrogen (secondary N) is 1. The first kappa shape index (κ1) is 22.2. The smallest absolute Gasteiger partial charge is 0.254 e. The number of aromatic nitrogens is 3. The Morgan fingerprint density at radius 2 is 2.19 bits per heavy atom. The van der Waals surface area contributed by atoms with Crippen LogP contribution in [0.2, 0.25) is 0 Å². The summed E-state index contributed by atoms with van der Waals surface area (Å²) >= 11 is 3.78. The Morgan fingerprint density at radius 1 is 1.29 bits per heavy atom. The normalized spacial score (nSPS) is 18.2. The highest BCUT2D eigenvalue weighted by molar-refractivity contribution is 7.99. The fraction of sp³-hybridized carbons (Fsp3) is 0.458. The molecular formula is C24H30N4OS2. The Morgan fingerprint density at radius 3 is 2.90 bits per heavy atom. The summed E-state index contributed by atoms with van der Waals surface area (Å²) in [5.41, 5.74) is 2.63. The lowest BCUT2D eigenvalue weighted by molar-refractivity contribution is 0.220. The second-order valence-corrected chi connectivity index (χ2v) is 10.5. The summed E-state index contributed by atoms with van der Waals surface area (Å²) in [6.07, 6.45) is 9.67. The lowest BCUT2D eigenvalue weighted by Crippen LogP contribution is -2.39. The van der Waals surface area contributed by atoms with Crippen LogP contribution in [0.15, 0.2) is 46.8 Å².